The maximum atomic E-state index is 12.4. The fraction of sp³-hybridized carbons (Fsp3) is 0.400. The first-order chi connectivity index (χ1) is 5.15. The molecule has 1 aliphatic heterocycles. The van der Waals surface area contributed by atoms with Gasteiger partial charge in [-0.1, -0.05) is 0 Å². The molecule has 6 heteroatoms. The van der Waals surface area contributed by atoms with Gasteiger partial charge in [0.1, 0.15) is 5.84 Å². The normalized spacial score (nSPS) is 24.5. The Bertz CT molecular complexity index is 241. The molecule has 2 amide bonds. The van der Waals surface area contributed by atoms with Gasteiger partial charge in [0, 0.05) is 0 Å². The molecule has 4 nitrogen and oxygen atoms in total. The molecule has 0 aromatic rings. The second kappa shape index (κ2) is 2.96. The second-order valence-corrected chi connectivity index (χ2v) is 2.15. The van der Waals surface area contributed by atoms with Gasteiger partial charge in [0.05, 0.1) is 5.88 Å². The Labute approximate surface area is 66.4 Å². The third kappa shape index (κ3) is 1.54. The Morgan fingerprint density at radius 3 is 2.73 bits per heavy atom. The van der Waals surface area contributed by atoms with E-state index in [9.17, 15) is 14.0 Å². The van der Waals surface area contributed by atoms with Gasteiger partial charge < -0.3 is 5.32 Å². The molecule has 1 heterocycles. The minimum absolute atomic E-state index is 0.00410. The summed E-state index contributed by atoms with van der Waals surface area (Å²) in [6, 6.07) is 0. The van der Waals surface area contributed by atoms with Crippen molar-refractivity contribution in [2.75, 3.05) is 5.88 Å². The molecule has 11 heavy (non-hydrogen) atoms. The van der Waals surface area contributed by atoms with Gasteiger partial charge in [-0.25, -0.2) is 4.39 Å². The van der Waals surface area contributed by atoms with E-state index in [1.165, 1.54) is 0 Å². The molecule has 0 aromatic carbocycles. The molecule has 0 bridgehead atoms. The lowest BCUT2D eigenvalue weighted by Gasteiger charge is -2.12. The number of alkyl halides is 2. The van der Waals surface area contributed by atoms with Crippen LogP contribution in [0.5, 0.6) is 0 Å². The van der Waals surface area contributed by atoms with Crippen molar-refractivity contribution in [2.45, 2.75) is 6.17 Å². The molecule has 0 radical (unpaired) electrons. The highest BCUT2D eigenvalue weighted by atomic mass is 35.5. The predicted molar refractivity (Wildman–Crippen MR) is 36.2 cm³/mol. The van der Waals surface area contributed by atoms with Crippen molar-refractivity contribution in [1.82, 2.24) is 5.32 Å². The molecular formula is C5H4ClFN2O2. The van der Waals surface area contributed by atoms with Crippen molar-refractivity contribution in [2.24, 2.45) is 4.99 Å². The van der Waals surface area contributed by atoms with E-state index in [2.05, 4.69) is 4.99 Å². The number of hydrogen-bond acceptors (Lipinski definition) is 2. The zero-order valence-corrected chi connectivity index (χ0v) is 6.06. The Balaban J connectivity index is 2.85. The summed E-state index contributed by atoms with van der Waals surface area (Å²) in [5, 5.41) is 2.03. The number of carbonyl (C=O) groups excluding carboxylic acids is 2. The van der Waals surface area contributed by atoms with Gasteiger partial charge in [0.25, 0.3) is 18.0 Å². The second-order valence-electron chi connectivity index (χ2n) is 1.88. The number of amidine groups is 1. The summed E-state index contributed by atoms with van der Waals surface area (Å²) in [5.74, 6) is -2.20. The molecule has 0 saturated heterocycles. The average Bonchev–Trinajstić information content (AvgIpc) is 1.99. The van der Waals surface area contributed by atoms with Crippen LogP contribution in [0.4, 0.5) is 4.39 Å². The van der Waals surface area contributed by atoms with Crippen LogP contribution in [0, 0.1) is 0 Å². The van der Waals surface area contributed by atoms with Crippen molar-refractivity contribution in [3.05, 3.63) is 0 Å². The van der Waals surface area contributed by atoms with Gasteiger partial charge >= 0.3 is 0 Å². The van der Waals surface area contributed by atoms with Crippen molar-refractivity contribution in [1.29, 1.82) is 0 Å². The molecular weight excluding hydrogens is 175 g/mol. The third-order valence-electron chi connectivity index (χ3n) is 1.09. The third-order valence-corrected chi connectivity index (χ3v) is 1.34. The SMILES string of the molecule is O=C1N=C(CCl)NC(=O)C1F. The molecule has 1 rings (SSSR count). The number of nitrogens with one attached hydrogen (secondary N) is 1. The van der Waals surface area contributed by atoms with Crippen molar-refractivity contribution < 1.29 is 14.0 Å². The number of carbonyl (C=O) groups is 2. The number of rotatable bonds is 1. The van der Waals surface area contributed by atoms with Crippen LogP contribution in [0.1, 0.15) is 0 Å². The fourth-order valence-electron chi connectivity index (χ4n) is 0.599. The van der Waals surface area contributed by atoms with Gasteiger partial charge in [-0.3, -0.25) is 9.59 Å². The largest absolute Gasteiger partial charge is 0.310 e. The summed E-state index contributed by atoms with van der Waals surface area (Å²) in [6.07, 6.45) is -2.18. The van der Waals surface area contributed by atoms with Gasteiger partial charge in [-0.05, 0) is 0 Å². The number of hydrogen-bond donors (Lipinski definition) is 1. The van der Waals surface area contributed by atoms with Crippen LogP contribution in [-0.2, 0) is 9.59 Å². The number of halogens is 2. The lowest BCUT2D eigenvalue weighted by molar-refractivity contribution is -0.134. The van der Waals surface area contributed by atoms with E-state index < -0.39 is 18.0 Å². The summed E-state index contributed by atoms with van der Waals surface area (Å²) < 4.78 is 12.4. The lowest BCUT2D eigenvalue weighted by atomic mass is 10.3. The van der Waals surface area contributed by atoms with Crippen LogP contribution in [0.25, 0.3) is 0 Å². The first kappa shape index (κ1) is 8.13. The number of amides is 2. The number of aliphatic imine (C=N–C) groups is 1. The van der Waals surface area contributed by atoms with Gasteiger partial charge in [-0.15, -0.1) is 11.6 Å². The molecule has 1 N–H and O–H groups in total. The summed E-state index contributed by atoms with van der Waals surface area (Å²) in [7, 11) is 0. The Hall–Kier alpha value is -0.970. The quantitative estimate of drug-likeness (QED) is 0.440. The standard InChI is InChI=1S/C5H4ClFN2O2/c6-1-2-8-4(10)3(7)5(11)9-2/h3H,1H2,(H,8,9,10,11). The molecule has 0 fully saturated rings. The van der Waals surface area contributed by atoms with Crippen LogP contribution in [0.2, 0.25) is 0 Å². The summed E-state index contributed by atoms with van der Waals surface area (Å²) in [6.45, 7) is 0. The van der Waals surface area contributed by atoms with Crippen LogP contribution in [0.15, 0.2) is 4.99 Å². The minimum Gasteiger partial charge on any atom is -0.310 e. The van der Waals surface area contributed by atoms with Crippen molar-refractivity contribution in [3.8, 4) is 0 Å². The Morgan fingerprint density at radius 1 is 1.64 bits per heavy atom. The van der Waals surface area contributed by atoms with E-state index in [4.69, 9.17) is 11.6 Å². The smallest absolute Gasteiger partial charge is 0.291 e. The zero-order chi connectivity index (χ0) is 8.43. The highest BCUT2D eigenvalue weighted by molar-refractivity contribution is 6.32. The molecule has 1 atom stereocenters. The van der Waals surface area contributed by atoms with Crippen molar-refractivity contribution in [3.63, 3.8) is 0 Å². The Morgan fingerprint density at radius 2 is 2.27 bits per heavy atom. The summed E-state index contributed by atoms with van der Waals surface area (Å²) in [4.78, 5) is 24.2. The van der Waals surface area contributed by atoms with Crippen LogP contribution in [0.3, 0.4) is 0 Å². The van der Waals surface area contributed by atoms with Crippen LogP contribution < -0.4 is 5.32 Å². The Kier molecular flexibility index (Phi) is 2.19. The minimum atomic E-state index is -2.18. The van der Waals surface area contributed by atoms with Gasteiger partial charge in [0.2, 0.25) is 0 Å². The molecule has 0 spiro atoms. The zero-order valence-electron chi connectivity index (χ0n) is 5.30. The lowest BCUT2D eigenvalue weighted by Crippen LogP contribution is -2.45. The van der Waals surface area contributed by atoms with Crippen LogP contribution >= 0.6 is 11.6 Å². The highest BCUT2D eigenvalue weighted by Crippen LogP contribution is 2.01. The molecule has 60 valence electrons. The number of nitrogens with zero attached hydrogens (tertiary/aromatic N) is 1. The average molecular weight is 179 g/mol. The molecule has 0 aromatic heterocycles. The molecule has 0 saturated carbocycles. The molecule has 0 aliphatic carbocycles. The van der Waals surface area contributed by atoms with E-state index in [0.717, 1.165) is 0 Å². The van der Waals surface area contributed by atoms with Crippen LogP contribution in [-0.4, -0.2) is 29.7 Å². The maximum Gasteiger partial charge on any atom is 0.291 e. The van der Waals surface area contributed by atoms with E-state index >= 15 is 0 Å². The van der Waals surface area contributed by atoms with E-state index in [1.807, 2.05) is 5.32 Å². The first-order valence-corrected chi connectivity index (χ1v) is 3.31. The van der Waals surface area contributed by atoms with Crippen molar-refractivity contribution >= 4 is 29.3 Å². The van der Waals surface area contributed by atoms with E-state index in [0.29, 0.717) is 0 Å². The predicted octanol–water partition coefficient (Wildman–Crippen LogP) is -0.382. The summed E-state index contributed by atoms with van der Waals surface area (Å²) in [5.41, 5.74) is 0. The van der Waals surface area contributed by atoms with Gasteiger partial charge in [-0.2, -0.15) is 4.99 Å². The molecule has 1 unspecified atom stereocenters. The van der Waals surface area contributed by atoms with E-state index in [1.54, 1.807) is 0 Å². The first-order valence-electron chi connectivity index (χ1n) is 2.77. The fourth-order valence-corrected chi connectivity index (χ4v) is 0.725. The highest BCUT2D eigenvalue weighted by Gasteiger charge is 2.30. The topological polar surface area (TPSA) is 58.5 Å². The van der Waals surface area contributed by atoms with E-state index in [-0.39, 0.29) is 11.7 Å². The summed E-state index contributed by atoms with van der Waals surface area (Å²) >= 11 is 5.24. The monoisotopic (exact) mass is 178 g/mol. The molecule has 1 aliphatic rings. The maximum absolute atomic E-state index is 12.4. The van der Waals surface area contributed by atoms with Gasteiger partial charge in [0.15, 0.2) is 0 Å².